The van der Waals surface area contributed by atoms with Gasteiger partial charge in [0, 0.05) is 29.4 Å². The molecule has 0 bridgehead atoms. The normalized spacial score (nSPS) is 18.0. The number of pyridine rings is 1. The van der Waals surface area contributed by atoms with Gasteiger partial charge in [-0.3, -0.25) is 14.6 Å². The van der Waals surface area contributed by atoms with E-state index in [0.29, 0.717) is 22.6 Å². The predicted molar refractivity (Wildman–Crippen MR) is 112 cm³/mol. The molecular formula is C22H22F2N4O4. The molecule has 3 heterocycles. The number of hydrogen-bond acceptors (Lipinski definition) is 5. The van der Waals surface area contributed by atoms with E-state index in [0.717, 1.165) is 36.6 Å². The van der Waals surface area contributed by atoms with Crippen LogP contribution in [-0.2, 0) is 17.8 Å². The minimum absolute atomic E-state index is 0.101. The lowest BCUT2D eigenvalue weighted by Crippen LogP contribution is -2.52. The number of nitrogens with one attached hydrogen (secondary N) is 1. The first-order chi connectivity index (χ1) is 15.4. The second-order valence-corrected chi connectivity index (χ2v) is 8.12. The Kier molecular flexibility index (Phi) is 4.87. The summed E-state index contributed by atoms with van der Waals surface area (Å²) >= 11 is 0. The quantitative estimate of drug-likeness (QED) is 0.776. The van der Waals surface area contributed by atoms with Crippen molar-refractivity contribution >= 4 is 29.1 Å². The lowest BCUT2D eigenvalue weighted by Gasteiger charge is -2.41. The SMILES string of the molecule is COc1cc(OC)c(F)c(N2Cc3cnc4c(c3N(C3CCCC3)C2=O)CC(=O)N4)c1F. The van der Waals surface area contributed by atoms with Gasteiger partial charge in [0.25, 0.3) is 0 Å². The highest BCUT2D eigenvalue weighted by Gasteiger charge is 2.43. The number of amides is 3. The van der Waals surface area contributed by atoms with Crippen LogP contribution < -0.4 is 24.6 Å². The monoisotopic (exact) mass is 444 g/mol. The van der Waals surface area contributed by atoms with Gasteiger partial charge in [-0.2, -0.15) is 0 Å². The summed E-state index contributed by atoms with van der Waals surface area (Å²) < 4.78 is 40.6. The van der Waals surface area contributed by atoms with Gasteiger partial charge in [0.1, 0.15) is 11.5 Å². The molecule has 1 N–H and O–H groups in total. The molecule has 0 atom stereocenters. The summed E-state index contributed by atoms with van der Waals surface area (Å²) in [6.45, 7) is -0.101. The van der Waals surface area contributed by atoms with E-state index in [2.05, 4.69) is 10.3 Å². The van der Waals surface area contributed by atoms with Crippen LogP contribution in [0, 0.1) is 11.6 Å². The molecule has 5 rings (SSSR count). The van der Waals surface area contributed by atoms with Crippen LogP contribution >= 0.6 is 0 Å². The zero-order valence-electron chi connectivity index (χ0n) is 17.7. The van der Waals surface area contributed by atoms with Gasteiger partial charge >= 0.3 is 6.03 Å². The average Bonchev–Trinajstić information content (AvgIpc) is 3.43. The molecule has 1 aromatic heterocycles. The number of ether oxygens (including phenoxy) is 2. The number of halogens is 2. The molecule has 2 aromatic rings. The number of benzene rings is 1. The highest BCUT2D eigenvalue weighted by molar-refractivity contribution is 6.10. The molecule has 3 amide bonds. The standard InChI is InChI=1S/C22H22F2N4O4/c1-31-14-8-15(32-2)18(24)20(17(14)23)27-10-11-9-25-21-13(7-16(29)26-21)19(11)28(22(27)30)12-5-3-4-6-12/h8-9,12H,3-7,10H2,1-2H3,(H,25,26,29). The maximum atomic E-state index is 15.3. The molecule has 1 aliphatic carbocycles. The van der Waals surface area contributed by atoms with Gasteiger partial charge in [0.15, 0.2) is 23.1 Å². The number of rotatable bonds is 4. The molecule has 2 aliphatic heterocycles. The topological polar surface area (TPSA) is 84.0 Å². The van der Waals surface area contributed by atoms with E-state index >= 15 is 8.78 Å². The number of nitrogens with zero attached hydrogens (tertiary/aromatic N) is 3. The fourth-order valence-electron chi connectivity index (χ4n) is 4.86. The van der Waals surface area contributed by atoms with E-state index in [9.17, 15) is 9.59 Å². The maximum absolute atomic E-state index is 15.3. The Labute approximate surface area is 183 Å². The minimum Gasteiger partial charge on any atom is -0.493 e. The summed E-state index contributed by atoms with van der Waals surface area (Å²) in [5, 5.41) is 2.71. The predicted octanol–water partition coefficient (Wildman–Crippen LogP) is 3.76. The second kappa shape index (κ2) is 7.61. The van der Waals surface area contributed by atoms with E-state index in [1.807, 2.05) is 0 Å². The van der Waals surface area contributed by atoms with E-state index in [-0.39, 0.29) is 36.4 Å². The molecule has 8 nitrogen and oxygen atoms in total. The number of aromatic nitrogens is 1. The highest BCUT2D eigenvalue weighted by Crippen LogP contribution is 2.45. The smallest absolute Gasteiger partial charge is 0.329 e. The van der Waals surface area contributed by atoms with Crippen molar-refractivity contribution in [2.24, 2.45) is 0 Å². The molecule has 32 heavy (non-hydrogen) atoms. The van der Waals surface area contributed by atoms with E-state index in [1.165, 1.54) is 14.2 Å². The minimum atomic E-state index is -0.986. The van der Waals surface area contributed by atoms with Crippen molar-refractivity contribution in [3.8, 4) is 11.5 Å². The Morgan fingerprint density at radius 3 is 2.34 bits per heavy atom. The van der Waals surface area contributed by atoms with Crippen LogP contribution in [0.1, 0.15) is 36.8 Å². The summed E-state index contributed by atoms with van der Waals surface area (Å²) in [5.41, 5.74) is 1.36. The summed E-state index contributed by atoms with van der Waals surface area (Å²) in [6.07, 6.45) is 5.09. The van der Waals surface area contributed by atoms with Crippen molar-refractivity contribution in [1.82, 2.24) is 4.98 Å². The van der Waals surface area contributed by atoms with Crippen LogP contribution in [0.25, 0.3) is 0 Å². The van der Waals surface area contributed by atoms with Crippen molar-refractivity contribution in [3.05, 3.63) is 35.0 Å². The third-order valence-electron chi connectivity index (χ3n) is 6.34. The number of hydrogen-bond donors (Lipinski definition) is 1. The van der Waals surface area contributed by atoms with Gasteiger partial charge in [-0.15, -0.1) is 0 Å². The molecular weight excluding hydrogens is 422 g/mol. The summed E-state index contributed by atoms with van der Waals surface area (Å²) in [6, 6.07) is 0.423. The molecule has 1 fully saturated rings. The van der Waals surface area contributed by atoms with Crippen LogP contribution in [0.2, 0.25) is 0 Å². The number of urea groups is 1. The van der Waals surface area contributed by atoms with Gasteiger partial charge < -0.3 is 14.8 Å². The van der Waals surface area contributed by atoms with E-state index in [1.54, 1.807) is 11.1 Å². The maximum Gasteiger partial charge on any atom is 0.329 e. The molecule has 3 aliphatic rings. The number of anilines is 3. The Bertz CT molecular complexity index is 1110. The first-order valence-electron chi connectivity index (χ1n) is 10.5. The number of fused-ring (bicyclic) bond motifs is 3. The van der Waals surface area contributed by atoms with Crippen molar-refractivity contribution in [2.45, 2.75) is 44.7 Å². The lowest BCUT2D eigenvalue weighted by atomic mass is 10.0. The van der Waals surface area contributed by atoms with Gasteiger partial charge in [-0.1, -0.05) is 12.8 Å². The Morgan fingerprint density at radius 1 is 1.06 bits per heavy atom. The van der Waals surface area contributed by atoms with Crippen molar-refractivity contribution in [3.63, 3.8) is 0 Å². The highest BCUT2D eigenvalue weighted by atomic mass is 19.1. The van der Waals surface area contributed by atoms with Gasteiger partial charge in [-0.05, 0) is 12.8 Å². The summed E-state index contributed by atoms with van der Waals surface area (Å²) in [5.74, 6) is -2.20. The molecule has 168 valence electrons. The third kappa shape index (κ3) is 2.96. The van der Waals surface area contributed by atoms with Crippen LogP contribution in [0.3, 0.4) is 0 Å². The fourth-order valence-corrected chi connectivity index (χ4v) is 4.86. The van der Waals surface area contributed by atoms with Gasteiger partial charge in [0.05, 0.1) is 32.9 Å². The molecule has 0 saturated heterocycles. The van der Waals surface area contributed by atoms with Crippen molar-refractivity contribution < 1.29 is 27.8 Å². The van der Waals surface area contributed by atoms with E-state index < -0.39 is 23.4 Å². The van der Waals surface area contributed by atoms with Crippen LogP contribution in [-0.4, -0.2) is 37.2 Å². The zero-order chi connectivity index (χ0) is 22.6. The van der Waals surface area contributed by atoms with Crippen molar-refractivity contribution in [1.29, 1.82) is 0 Å². The molecule has 1 aromatic carbocycles. The largest absolute Gasteiger partial charge is 0.493 e. The number of methoxy groups -OCH3 is 2. The lowest BCUT2D eigenvalue weighted by molar-refractivity contribution is -0.115. The first kappa shape index (κ1) is 20.5. The van der Waals surface area contributed by atoms with E-state index in [4.69, 9.17) is 9.47 Å². The van der Waals surface area contributed by atoms with Crippen LogP contribution in [0.5, 0.6) is 11.5 Å². The number of carbonyl (C=O) groups is 2. The molecule has 1 saturated carbocycles. The Hall–Kier alpha value is -3.43. The van der Waals surface area contributed by atoms with Crippen LogP contribution in [0.4, 0.5) is 30.8 Å². The molecule has 0 unspecified atom stereocenters. The third-order valence-corrected chi connectivity index (χ3v) is 6.34. The Morgan fingerprint density at radius 2 is 1.72 bits per heavy atom. The first-order valence-corrected chi connectivity index (χ1v) is 10.5. The zero-order valence-corrected chi connectivity index (χ0v) is 17.7. The molecule has 0 radical (unpaired) electrons. The Balaban J connectivity index is 1.69. The van der Waals surface area contributed by atoms with Gasteiger partial charge in [0.2, 0.25) is 5.91 Å². The van der Waals surface area contributed by atoms with Crippen LogP contribution in [0.15, 0.2) is 12.3 Å². The summed E-state index contributed by atoms with van der Waals surface area (Å²) in [4.78, 5) is 32.8. The average molecular weight is 444 g/mol. The number of carbonyl (C=O) groups excluding carboxylic acids is 2. The summed E-state index contributed by atoms with van der Waals surface area (Å²) in [7, 11) is 2.52. The van der Waals surface area contributed by atoms with Gasteiger partial charge in [-0.25, -0.2) is 18.6 Å². The molecule has 10 heteroatoms. The molecule has 0 spiro atoms. The fraction of sp³-hybridized carbons (Fsp3) is 0.409. The second-order valence-electron chi connectivity index (χ2n) is 8.12. The van der Waals surface area contributed by atoms with Crippen molar-refractivity contribution in [2.75, 3.05) is 29.3 Å².